The van der Waals surface area contributed by atoms with Crippen LogP contribution < -0.4 is 10.1 Å². The predicted molar refractivity (Wildman–Crippen MR) is 108 cm³/mol. The SMILES string of the molecule is COc1cccc(NC(=O)C(Sc2ccc(C)cc2)c2ccccc2)c1. The molecule has 3 nitrogen and oxygen atoms in total. The summed E-state index contributed by atoms with van der Waals surface area (Å²) in [6, 6.07) is 25.4. The topological polar surface area (TPSA) is 38.3 Å². The highest BCUT2D eigenvalue weighted by Gasteiger charge is 2.22. The van der Waals surface area contributed by atoms with Crippen molar-refractivity contribution in [2.24, 2.45) is 0 Å². The number of methoxy groups -OCH3 is 1. The number of carbonyl (C=O) groups is 1. The molecule has 0 bridgehead atoms. The largest absolute Gasteiger partial charge is 0.497 e. The molecule has 0 aromatic heterocycles. The molecule has 0 radical (unpaired) electrons. The van der Waals surface area contributed by atoms with E-state index >= 15 is 0 Å². The first-order valence-corrected chi connectivity index (χ1v) is 9.27. The van der Waals surface area contributed by atoms with E-state index in [0.29, 0.717) is 5.75 Å². The predicted octanol–water partition coefficient (Wildman–Crippen LogP) is 5.48. The minimum Gasteiger partial charge on any atom is -0.497 e. The van der Waals surface area contributed by atoms with Gasteiger partial charge in [-0.05, 0) is 36.8 Å². The van der Waals surface area contributed by atoms with Crippen LogP contribution in [0.1, 0.15) is 16.4 Å². The van der Waals surface area contributed by atoms with Crippen molar-refractivity contribution in [1.29, 1.82) is 0 Å². The van der Waals surface area contributed by atoms with Crippen LogP contribution in [0.5, 0.6) is 5.75 Å². The fourth-order valence-corrected chi connectivity index (χ4v) is 3.59. The summed E-state index contributed by atoms with van der Waals surface area (Å²) < 4.78 is 5.23. The summed E-state index contributed by atoms with van der Waals surface area (Å²) in [4.78, 5) is 14.1. The molecule has 4 heteroatoms. The third-order valence-electron chi connectivity index (χ3n) is 3.95. The normalized spacial score (nSPS) is 11.6. The Morgan fingerprint density at radius 3 is 2.38 bits per heavy atom. The van der Waals surface area contributed by atoms with Gasteiger partial charge < -0.3 is 10.1 Å². The molecule has 0 fully saturated rings. The van der Waals surface area contributed by atoms with Crippen molar-refractivity contribution >= 4 is 23.4 Å². The standard InChI is InChI=1S/C22H21NO2S/c1-16-11-13-20(14-12-16)26-21(17-7-4-3-5-8-17)22(24)23-18-9-6-10-19(15-18)25-2/h3-15,21H,1-2H3,(H,23,24). The lowest BCUT2D eigenvalue weighted by molar-refractivity contribution is -0.115. The van der Waals surface area contributed by atoms with E-state index in [1.165, 1.54) is 5.56 Å². The summed E-state index contributed by atoms with van der Waals surface area (Å²) in [5.41, 5.74) is 2.89. The zero-order chi connectivity index (χ0) is 18.4. The quantitative estimate of drug-likeness (QED) is 0.590. The Labute approximate surface area is 158 Å². The number of benzene rings is 3. The summed E-state index contributed by atoms with van der Waals surface area (Å²) >= 11 is 1.54. The molecule has 0 aliphatic heterocycles. The Kier molecular flexibility index (Phi) is 5.97. The lowest BCUT2D eigenvalue weighted by Gasteiger charge is -2.17. The van der Waals surface area contributed by atoms with Crippen LogP contribution in [0.2, 0.25) is 0 Å². The molecule has 1 N–H and O–H groups in total. The number of hydrogen-bond acceptors (Lipinski definition) is 3. The Morgan fingerprint density at radius 1 is 0.962 bits per heavy atom. The zero-order valence-electron chi connectivity index (χ0n) is 14.8. The van der Waals surface area contributed by atoms with Gasteiger partial charge in [0.15, 0.2) is 0 Å². The summed E-state index contributed by atoms with van der Waals surface area (Å²) in [6.07, 6.45) is 0. The molecule has 0 saturated heterocycles. The zero-order valence-corrected chi connectivity index (χ0v) is 15.6. The molecule has 1 atom stereocenters. The van der Waals surface area contributed by atoms with E-state index in [-0.39, 0.29) is 11.2 Å². The third-order valence-corrected chi connectivity index (χ3v) is 5.22. The maximum absolute atomic E-state index is 13.0. The second-order valence-corrected chi connectivity index (χ2v) is 7.12. The van der Waals surface area contributed by atoms with E-state index in [9.17, 15) is 4.79 Å². The van der Waals surface area contributed by atoms with Crippen LogP contribution in [0.3, 0.4) is 0 Å². The lowest BCUT2D eigenvalue weighted by atomic mass is 10.1. The maximum Gasteiger partial charge on any atom is 0.242 e. The smallest absolute Gasteiger partial charge is 0.242 e. The van der Waals surface area contributed by atoms with Gasteiger partial charge in [0.2, 0.25) is 5.91 Å². The number of rotatable bonds is 6. The monoisotopic (exact) mass is 363 g/mol. The van der Waals surface area contributed by atoms with Gasteiger partial charge in [0, 0.05) is 16.6 Å². The molecule has 0 aliphatic carbocycles. The Balaban J connectivity index is 1.84. The highest BCUT2D eigenvalue weighted by Crippen LogP contribution is 2.36. The molecule has 0 spiro atoms. The Hall–Kier alpha value is -2.72. The van der Waals surface area contributed by atoms with Crippen molar-refractivity contribution in [3.05, 3.63) is 90.0 Å². The van der Waals surface area contributed by atoms with Gasteiger partial charge in [0.05, 0.1) is 7.11 Å². The average molecular weight is 363 g/mol. The van der Waals surface area contributed by atoms with Crippen LogP contribution in [0, 0.1) is 6.92 Å². The van der Waals surface area contributed by atoms with Gasteiger partial charge in [0.1, 0.15) is 11.0 Å². The first-order chi connectivity index (χ1) is 12.7. The highest BCUT2D eigenvalue weighted by atomic mass is 32.2. The first kappa shape index (κ1) is 18.1. The number of thioether (sulfide) groups is 1. The van der Waals surface area contributed by atoms with Crippen molar-refractivity contribution in [3.63, 3.8) is 0 Å². The van der Waals surface area contributed by atoms with Crippen LogP contribution in [0.25, 0.3) is 0 Å². The van der Waals surface area contributed by atoms with Crippen molar-refractivity contribution in [2.75, 3.05) is 12.4 Å². The highest BCUT2D eigenvalue weighted by molar-refractivity contribution is 8.00. The molecule has 26 heavy (non-hydrogen) atoms. The number of nitrogens with one attached hydrogen (secondary N) is 1. The number of hydrogen-bond donors (Lipinski definition) is 1. The minimum absolute atomic E-state index is 0.0602. The van der Waals surface area contributed by atoms with E-state index in [4.69, 9.17) is 4.74 Å². The van der Waals surface area contributed by atoms with Crippen LogP contribution in [-0.2, 0) is 4.79 Å². The number of aryl methyl sites for hydroxylation is 1. The van der Waals surface area contributed by atoms with Gasteiger partial charge in [-0.2, -0.15) is 0 Å². The number of carbonyl (C=O) groups excluding carboxylic acids is 1. The third kappa shape index (κ3) is 4.67. The Morgan fingerprint density at radius 2 is 1.69 bits per heavy atom. The summed E-state index contributed by atoms with van der Waals surface area (Å²) in [5.74, 6) is 0.653. The maximum atomic E-state index is 13.0. The molecule has 0 saturated carbocycles. The molecular formula is C22H21NO2S. The van der Waals surface area contributed by atoms with E-state index in [0.717, 1.165) is 16.1 Å². The number of amides is 1. The van der Waals surface area contributed by atoms with Gasteiger partial charge in [-0.25, -0.2) is 0 Å². The number of ether oxygens (including phenoxy) is 1. The van der Waals surface area contributed by atoms with Gasteiger partial charge >= 0.3 is 0 Å². The van der Waals surface area contributed by atoms with Crippen molar-refractivity contribution in [1.82, 2.24) is 0 Å². The van der Waals surface area contributed by atoms with Gasteiger partial charge in [-0.3, -0.25) is 4.79 Å². The molecular weight excluding hydrogens is 342 g/mol. The van der Waals surface area contributed by atoms with E-state index in [2.05, 4.69) is 36.5 Å². The average Bonchev–Trinajstić information content (AvgIpc) is 2.68. The van der Waals surface area contributed by atoms with Crippen LogP contribution >= 0.6 is 11.8 Å². The lowest BCUT2D eigenvalue weighted by Crippen LogP contribution is -2.19. The second kappa shape index (κ2) is 8.59. The fourth-order valence-electron chi connectivity index (χ4n) is 2.56. The molecule has 132 valence electrons. The molecule has 0 heterocycles. The molecule has 3 rings (SSSR count). The molecule has 1 unspecified atom stereocenters. The molecule has 1 amide bonds. The second-order valence-electron chi connectivity index (χ2n) is 5.94. The van der Waals surface area contributed by atoms with Crippen molar-refractivity contribution < 1.29 is 9.53 Å². The van der Waals surface area contributed by atoms with Crippen LogP contribution in [-0.4, -0.2) is 13.0 Å². The molecule has 3 aromatic rings. The first-order valence-electron chi connectivity index (χ1n) is 8.39. The summed E-state index contributed by atoms with van der Waals surface area (Å²) in [5, 5.41) is 2.66. The summed E-state index contributed by atoms with van der Waals surface area (Å²) in [6.45, 7) is 2.05. The van der Waals surface area contributed by atoms with E-state index in [1.54, 1.807) is 18.9 Å². The van der Waals surface area contributed by atoms with Gasteiger partial charge in [-0.1, -0.05) is 54.1 Å². The van der Waals surface area contributed by atoms with Crippen LogP contribution in [0.15, 0.2) is 83.8 Å². The Bertz CT molecular complexity index is 863. The van der Waals surface area contributed by atoms with E-state index < -0.39 is 0 Å². The van der Waals surface area contributed by atoms with Crippen molar-refractivity contribution in [2.45, 2.75) is 17.1 Å². The van der Waals surface area contributed by atoms with E-state index in [1.807, 2.05) is 54.6 Å². The molecule has 0 aliphatic rings. The number of anilines is 1. The fraction of sp³-hybridized carbons (Fsp3) is 0.136. The minimum atomic E-state index is -0.342. The van der Waals surface area contributed by atoms with Gasteiger partial charge in [0.25, 0.3) is 0 Å². The summed E-state index contributed by atoms with van der Waals surface area (Å²) in [7, 11) is 1.61. The van der Waals surface area contributed by atoms with Gasteiger partial charge in [-0.15, -0.1) is 11.8 Å². The van der Waals surface area contributed by atoms with Crippen molar-refractivity contribution in [3.8, 4) is 5.75 Å². The molecule has 3 aromatic carbocycles. The van der Waals surface area contributed by atoms with Crippen LogP contribution in [0.4, 0.5) is 5.69 Å².